The van der Waals surface area contributed by atoms with Crippen molar-refractivity contribution < 1.29 is 29.4 Å². The molecule has 0 aromatic heterocycles. The van der Waals surface area contributed by atoms with E-state index in [2.05, 4.69) is 10.6 Å². The van der Waals surface area contributed by atoms with Crippen LogP contribution in [0.15, 0.2) is 54.6 Å². The van der Waals surface area contributed by atoms with Crippen LogP contribution in [0.4, 0.5) is 4.79 Å². The summed E-state index contributed by atoms with van der Waals surface area (Å²) in [5, 5.41) is 25.2. The maximum atomic E-state index is 13.5. The fourth-order valence-corrected chi connectivity index (χ4v) is 4.09. The number of fused-ring (bicyclic) bond motifs is 1. The molecule has 4 unspecified atom stereocenters. The second kappa shape index (κ2) is 10.7. The van der Waals surface area contributed by atoms with E-state index in [-0.39, 0.29) is 6.42 Å². The summed E-state index contributed by atoms with van der Waals surface area (Å²) >= 11 is 0. The number of rotatable bonds is 7. The number of amides is 3. The molecule has 0 bridgehead atoms. The average Bonchev–Trinajstić information content (AvgIpc) is 3.10. The Balaban J connectivity index is 1.90. The van der Waals surface area contributed by atoms with Crippen molar-refractivity contribution in [2.24, 2.45) is 5.92 Å². The number of ether oxygens (including phenoxy) is 1. The van der Waals surface area contributed by atoms with Gasteiger partial charge in [-0.2, -0.15) is 0 Å². The van der Waals surface area contributed by atoms with Crippen molar-refractivity contribution in [2.75, 3.05) is 0 Å². The minimum atomic E-state index is -1.44. The van der Waals surface area contributed by atoms with Gasteiger partial charge in [-0.3, -0.25) is 14.8 Å². The second-order valence-electron chi connectivity index (χ2n) is 9.35. The van der Waals surface area contributed by atoms with Gasteiger partial charge in [0.25, 0.3) is 5.91 Å². The summed E-state index contributed by atoms with van der Waals surface area (Å²) in [6.07, 6.45) is -1.26. The third-order valence-electron chi connectivity index (χ3n) is 5.60. The second-order valence-corrected chi connectivity index (χ2v) is 9.35. The molecule has 182 valence electrons. The number of aliphatic hydroxyl groups excluding tert-OH is 1. The Morgan fingerprint density at radius 1 is 1.03 bits per heavy atom. The van der Waals surface area contributed by atoms with E-state index in [1.54, 1.807) is 45.0 Å². The molecular formula is C25H31N3O6. The van der Waals surface area contributed by atoms with Crippen LogP contribution in [-0.2, 0) is 27.2 Å². The van der Waals surface area contributed by atoms with Crippen LogP contribution in [-0.4, -0.2) is 46.0 Å². The third-order valence-corrected chi connectivity index (χ3v) is 5.60. The lowest BCUT2D eigenvalue weighted by molar-refractivity contribution is -0.138. The fraction of sp³-hybridized carbons (Fsp3) is 0.400. The van der Waals surface area contributed by atoms with Crippen molar-refractivity contribution in [3.8, 4) is 0 Å². The molecule has 0 radical (unpaired) electrons. The highest BCUT2D eigenvalue weighted by atomic mass is 16.6. The van der Waals surface area contributed by atoms with Gasteiger partial charge in [-0.25, -0.2) is 10.3 Å². The van der Waals surface area contributed by atoms with Gasteiger partial charge in [-0.15, -0.1) is 0 Å². The summed E-state index contributed by atoms with van der Waals surface area (Å²) < 4.78 is 5.26. The summed E-state index contributed by atoms with van der Waals surface area (Å²) in [6, 6.07) is 14.3. The first-order valence-corrected chi connectivity index (χ1v) is 11.1. The Morgan fingerprint density at radius 3 is 2.32 bits per heavy atom. The quantitative estimate of drug-likeness (QED) is 0.311. The van der Waals surface area contributed by atoms with Gasteiger partial charge in [0.2, 0.25) is 5.91 Å². The molecule has 2 aromatic rings. The van der Waals surface area contributed by atoms with Crippen molar-refractivity contribution in [3.63, 3.8) is 0 Å². The number of carbonyl (C=O) groups excluding carboxylic acids is 3. The Labute approximate surface area is 198 Å². The minimum Gasteiger partial charge on any atom is -0.444 e. The van der Waals surface area contributed by atoms with Gasteiger partial charge in [-0.1, -0.05) is 54.6 Å². The lowest BCUT2D eigenvalue weighted by Gasteiger charge is -2.29. The van der Waals surface area contributed by atoms with Crippen LogP contribution in [0.25, 0.3) is 0 Å². The molecule has 0 fully saturated rings. The molecule has 5 N–H and O–H groups in total. The SMILES string of the molecule is CC(C)(C)OC(=O)NC(C(=O)NO)C(Cc1ccccc1)C(=O)NC1c2ccccc2CC1O. The molecule has 34 heavy (non-hydrogen) atoms. The zero-order valence-electron chi connectivity index (χ0n) is 19.4. The van der Waals surface area contributed by atoms with Crippen LogP contribution in [0, 0.1) is 5.92 Å². The number of alkyl carbamates (subject to hydrolysis) is 1. The van der Waals surface area contributed by atoms with Gasteiger partial charge < -0.3 is 20.5 Å². The molecule has 9 heteroatoms. The van der Waals surface area contributed by atoms with Crippen molar-refractivity contribution in [1.82, 2.24) is 16.1 Å². The highest BCUT2D eigenvalue weighted by Gasteiger charge is 2.39. The molecule has 0 saturated carbocycles. The van der Waals surface area contributed by atoms with E-state index in [0.29, 0.717) is 6.42 Å². The Morgan fingerprint density at radius 2 is 1.68 bits per heavy atom. The lowest BCUT2D eigenvalue weighted by Crippen LogP contribution is -2.56. The zero-order valence-corrected chi connectivity index (χ0v) is 19.4. The normalized spacial score (nSPS) is 18.9. The van der Waals surface area contributed by atoms with Gasteiger partial charge in [0, 0.05) is 6.42 Å². The zero-order chi connectivity index (χ0) is 24.9. The van der Waals surface area contributed by atoms with Gasteiger partial charge in [-0.05, 0) is 43.9 Å². The number of aliphatic hydroxyl groups is 1. The molecule has 0 heterocycles. The molecule has 0 spiro atoms. The summed E-state index contributed by atoms with van der Waals surface area (Å²) in [7, 11) is 0. The number of benzene rings is 2. The smallest absolute Gasteiger partial charge is 0.408 e. The first kappa shape index (κ1) is 25.2. The maximum absolute atomic E-state index is 13.5. The van der Waals surface area contributed by atoms with Crippen molar-refractivity contribution in [3.05, 3.63) is 71.3 Å². The molecule has 0 saturated heterocycles. The number of hydroxylamine groups is 1. The maximum Gasteiger partial charge on any atom is 0.408 e. The van der Waals surface area contributed by atoms with Crippen LogP contribution in [0.1, 0.15) is 43.5 Å². The van der Waals surface area contributed by atoms with Crippen molar-refractivity contribution >= 4 is 17.9 Å². The molecule has 3 rings (SSSR count). The highest BCUT2D eigenvalue weighted by molar-refractivity contribution is 5.92. The standard InChI is InChI=1S/C25H31N3O6/c1-25(2,3)34-24(32)27-21(23(31)28-33)18(13-15-9-5-4-6-10-15)22(30)26-20-17-12-8-7-11-16(17)14-19(20)29/h4-12,18-21,29,33H,13-14H2,1-3H3,(H,26,30)(H,27,32)(H,28,31). The monoisotopic (exact) mass is 469 g/mol. The molecule has 1 aliphatic carbocycles. The molecular weight excluding hydrogens is 438 g/mol. The molecule has 3 amide bonds. The fourth-order valence-electron chi connectivity index (χ4n) is 4.09. The Kier molecular flexibility index (Phi) is 7.90. The predicted molar refractivity (Wildman–Crippen MR) is 124 cm³/mol. The lowest BCUT2D eigenvalue weighted by atomic mass is 9.90. The molecule has 2 aromatic carbocycles. The van der Waals surface area contributed by atoms with E-state index >= 15 is 0 Å². The summed E-state index contributed by atoms with van der Waals surface area (Å²) in [4.78, 5) is 38.6. The van der Waals surface area contributed by atoms with Crippen LogP contribution < -0.4 is 16.1 Å². The van der Waals surface area contributed by atoms with Crippen molar-refractivity contribution in [1.29, 1.82) is 0 Å². The number of nitrogens with one attached hydrogen (secondary N) is 3. The number of carbonyl (C=O) groups is 3. The van der Waals surface area contributed by atoms with E-state index in [4.69, 9.17) is 4.74 Å². The van der Waals surface area contributed by atoms with Crippen LogP contribution in [0.2, 0.25) is 0 Å². The van der Waals surface area contributed by atoms with E-state index in [0.717, 1.165) is 16.7 Å². The predicted octanol–water partition coefficient (Wildman–Crippen LogP) is 2.02. The molecule has 0 aliphatic heterocycles. The van der Waals surface area contributed by atoms with E-state index in [1.165, 1.54) is 5.48 Å². The Bertz CT molecular complexity index is 1020. The molecule has 1 aliphatic rings. The topological polar surface area (TPSA) is 137 Å². The third kappa shape index (κ3) is 6.33. The summed E-state index contributed by atoms with van der Waals surface area (Å²) in [6.45, 7) is 5.00. The van der Waals surface area contributed by atoms with E-state index in [1.807, 2.05) is 30.3 Å². The molecule has 9 nitrogen and oxygen atoms in total. The first-order chi connectivity index (χ1) is 16.1. The van der Waals surface area contributed by atoms with Gasteiger partial charge in [0.05, 0.1) is 18.1 Å². The van der Waals surface area contributed by atoms with Crippen molar-refractivity contribution in [2.45, 2.75) is 57.4 Å². The van der Waals surface area contributed by atoms with Crippen LogP contribution in [0.5, 0.6) is 0 Å². The van der Waals surface area contributed by atoms with Gasteiger partial charge in [0.1, 0.15) is 11.6 Å². The number of hydrogen-bond donors (Lipinski definition) is 5. The van der Waals surface area contributed by atoms with Crippen LogP contribution in [0.3, 0.4) is 0 Å². The minimum absolute atomic E-state index is 0.0883. The average molecular weight is 470 g/mol. The first-order valence-electron chi connectivity index (χ1n) is 11.1. The Hall–Kier alpha value is -3.43. The van der Waals surface area contributed by atoms with Gasteiger partial charge >= 0.3 is 6.09 Å². The number of hydrogen-bond acceptors (Lipinski definition) is 6. The summed E-state index contributed by atoms with van der Waals surface area (Å²) in [5.41, 5.74) is 3.17. The van der Waals surface area contributed by atoms with E-state index < -0.39 is 47.6 Å². The highest BCUT2D eigenvalue weighted by Crippen LogP contribution is 2.32. The largest absolute Gasteiger partial charge is 0.444 e. The van der Waals surface area contributed by atoms with Crippen LogP contribution >= 0.6 is 0 Å². The summed E-state index contributed by atoms with van der Waals surface area (Å²) in [5.74, 6) is -2.63. The van der Waals surface area contributed by atoms with E-state index in [9.17, 15) is 24.7 Å². The molecule has 4 atom stereocenters. The van der Waals surface area contributed by atoms with Gasteiger partial charge in [0.15, 0.2) is 0 Å².